The summed E-state index contributed by atoms with van der Waals surface area (Å²) in [6, 6.07) is 4.88. The molecule has 20 heavy (non-hydrogen) atoms. The van der Waals surface area contributed by atoms with E-state index < -0.39 is 5.82 Å². The maximum absolute atomic E-state index is 14.3. The molecule has 106 valence electrons. The fourth-order valence-electron chi connectivity index (χ4n) is 1.90. The van der Waals surface area contributed by atoms with E-state index in [2.05, 4.69) is 15.3 Å². The topological polar surface area (TPSA) is 56.3 Å². The van der Waals surface area contributed by atoms with Gasteiger partial charge in [-0.1, -0.05) is 6.07 Å². The zero-order chi connectivity index (χ0) is 14.5. The van der Waals surface area contributed by atoms with Crippen LogP contribution < -0.4 is 14.8 Å². The second-order valence-electron chi connectivity index (χ2n) is 3.96. The number of nitrogens with zero attached hydrogens (tertiary/aromatic N) is 2. The molecule has 0 bridgehead atoms. The number of halogens is 1. The molecule has 1 aromatic heterocycles. The Hall–Kier alpha value is -2.37. The molecule has 0 aliphatic carbocycles. The van der Waals surface area contributed by atoms with Crippen molar-refractivity contribution in [3.05, 3.63) is 30.3 Å². The molecule has 0 unspecified atom stereocenters. The maximum atomic E-state index is 14.3. The molecule has 1 heterocycles. The monoisotopic (exact) mass is 277 g/mol. The van der Waals surface area contributed by atoms with Gasteiger partial charge in [0.25, 0.3) is 0 Å². The molecule has 1 aromatic carbocycles. The molecule has 0 aliphatic rings. The van der Waals surface area contributed by atoms with Crippen molar-refractivity contribution >= 4 is 5.82 Å². The van der Waals surface area contributed by atoms with E-state index in [1.165, 1.54) is 20.5 Å². The number of benzene rings is 1. The van der Waals surface area contributed by atoms with Gasteiger partial charge >= 0.3 is 0 Å². The molecule has 0 atom stereocenters. The Balaban J connectivity index is 2.60. The molecular formula is C14H16FN3O2. The number of rotatable bonds is 5. The van der Waals surface area contributed by atoms with Crippen LogP contribution in [0, 0.1) is 5.82 Å². The normalized spacial score (nSPS) is 10.2. The summed E-state index contributed by atoms with van der Waals surface area (Å²) < 4.78 is 24.6. The maximum Gasteiger partial charge on any atom is 0.187 e. The average Bonchev–Trinajstić information content (AvgIpc) is 2.47. The summed E-state index contributed by atoms with van der Waals surface area (Å²) in [6.45, 7) is 2.61. The third-order valence-electron chi connectivity index (χ3n) is 2.79. The molecule has 0 spiro atoms. The van der Waals surface area contributed by atoms with Gasteiger partial charge in [0.2, 0.25) is 0 Å². The smallest absolute Gasteiger partial charge is 0.187 e. The van der Waals surface area contributed by atoms with Gasteiger partial charge in [-0.15, -0.1) is 0 Å². The summed E-state index contributed by atoms with van der Waals surface area (Å²) in [5.41, 5.74) is 0.692. The Morgan fingerprint density at radius 1 is 1.20 bits per heavy atom. The Bertz CT molecular complexity index is 605. The highest BCUT2D eigenvalue weighted by atomic mass is 19.1. The first-order chi connectivity index (χ1) is 9.72. The first kappa shape index (κ1) is 14.0. The quantitative estimate of drug-likeness (QED) is 0.910. The largest absolute Gasteiger partial charge is 0.494 e. The lowest BCUT2D eigenvalue weighted by molar-refractivity contribution is 0.386. The standard InChI is InChI=1S/C14H16FN3O2/c1-4-16-14-13(20-3)12(17-8-18-14)9-6-5-7-10(19-2)11(9)15/h5-8H,4H2,1-3H3,(H,16,17,18). The zero-order valence-corrected chi connectivity index (χ0v) is 11.6. The average molecular weight is 277 g/mol. The van der Waals surface area contributed by atoms with Crippen LogP contribution in [0.1, 0.15) is 6.92 Å². The molecule has 0 radical (unpaired) electrons. The Morgan fingerprint density at radius 3 is 2.65 bits per heavy atom. The van der Waals surface area contributed by atoms with Crippen molar-refractivity contribution in [1.82, 2.24) is 9.97 Å². The summed E-state index contributed by atoms with van der Waals surface area (Å²) in [5.74, 6) is 0.617. The van der Waals surface area contributed by atoms with Crippen LogP contribution >= 0.6 is 0 Å². The second-order valence-corrected chi connectivity index (χ2v) is 3.96. The van der Waals surface area contributed by atoms with E-state index in [0.29, 0.717) is 29.4 Å². The number of anilines is 1. The molecule has 2 aromatic rings. The molecule has 1 N–H and O–H groups in total. The number of aromatic nitrogens is 2. The van der Waals surface area contributed by atoms with Gasteiger partial charge in [0.05, 0.1) is 14.2 Å². The zero-order valence-electron chi connectivity index (χ0n) is 11.6. The van der Waals surface area contributed by atoms with E-state index >= 15 is 0 Å². The van der Waals surface area contributed by atoms with Crippen molar-refractivity contribution < 1.29 is 13.9 Å². The van der Waals surface area contributed by atoms with Crippen LogP contribution in [0.4, 0.5) is 10.2 Å². The number of ether oxygens (including phenoxy) is 2. The van der Waals surface area contributed by atoms with Crippen molar-refractivity contribution in [3.8, 4) is 22.8 Å². The van der Waals surface area contributed by atoms with Crippen LogP contribution in [-0.2, 0) is 0 Å². The molecule has 5 nitrogen and oxygen atoms in total. The molecule has 0 aliphatic heterocycles. The van der Waals surface area contributed by atoms with Crippen molar-refractivity contribution in [1.29, 1.82) is 0 Å². The molecule has 0 amide bonds. The minimum Gasteiger partial charge on any atom is -0.494 e. The second kappa shape index (κ2) is 6.18. The molecule has 0 fully saturated rings. The minimum absolute atomic E-state index is 0.160. The predicted octanol–water partition coefficient (Wildman–Crippen LogP) is 2.73. The highest BCUT2D eigenvalue weighted by molar-refractivity contribution is 5.73. The lowest BCUT2D eigenvalue weighted by Gasteiger charge is -2.13. The highest BCUT2D eigenvalue weighted by Gasteiger charge is 2.18. The van der Waals surface area contributed by atoms with Crippen molar-refractivity contribution in [2.45, 2.75) is 6.92 Å². The van der Waals surface area contributed by atoms with Crippen molar-refractivity contribution in [3.63, 3.8) is 0 Å². The van der Waals surface area contributed by atoms with Gasteiger partial charge < -0.3 is 14.8 Å². The number of methoxy groups -OCH3 is 2. The molecule has 0 saturated carbocycles. The Kier molecular flexibility index (Phi) is 4.34. The number of hydrogen-bond acceptors (Lipinski definition) is 5. The van der Waals surface area contributed by atoms with E-state index in [-0.39, 0.29) is 5.75 Å². The van der Waals surface area contributed by atoms with E-state index in [1.54, 1.807) is 18.2 Å². The van der Waals surface area contributed by atoms with E-state index in [1.807, 2.05) is 6.92 Å². The first-order valence-corrected chi connectivity index (χ1v) is 6.18. The molecule has 0 saturated heterocycles. The summed E-state index contributed by atoms with van der Waals surface area (Å²) in [7, 11) is 2.92. The Morgan fingerprint density at radius 2 is 2.00 bits per heavy atom. The summed E-state index contributed by atoms with van der Waals surface area (Å²) in [6.07, 6.45) is 1.37. The first-order valence-electron chi connectivity index (χ1n) is 6.18. The predicted molar refractivity (Wildman–Crippen MR) is 74.7 cm³/mol. The SMILES string of the molecule is CCNc1ncnc(-c2cccc(OC)c2F)c1OC. The van der Waals surface area contributed by atoms with Crippen LogP contribution in [0.3, 0.4) is 0 Å². The number of nitrogens with one attached hydrogen (secondary N) is 1. The van der Waals surface area contributed by atoms with Gasteiger partial charge in [-0.3, -0.25) is 0 Å². The van der Waals surface area contributed by atoms with Crippen LogP contribution in [0.5, 0.6) is 11.5 Å². The van der Waals surface area contributed by atoms with Gasteiger partial charge in [0, 0.05) is 12.1 Å². The fraction of sp³-hybridized carbons (Fsp3) is 0.286. The van der Waals surface area contributed by atoms with Crippen LogP contribution in [-0.4, -0.2) is 30.7 Å². The Labute approximate surface area is 116 Å². The number of hydrogen-bond donors (Lipinski definition) is 1. The third-order valence-corrected chi connectivity index (χ3v) is 2.79. The van der Waals surface area contributed by atoms with Crippen molar-refractivity contribution in [2.24, 2.45) is 0 Å². The van der Waals surface area contributed by atoms with Gasteiger partial charge in [-0.25, -0.2) is 14.4 Å². The van der Waals surface area contributed by atoms with Gasteiger partial charge in [-0.2, -0.15) is 0 Å². The molecule has 6 heteroatoms. The van der Waals surface area contributed by atoms with Gasteiger partial charge in [-0.05, 0) is 19.1 Å². The lowest BCUT2D eigenvalue weighted by atomic mass is 10.1. The van der Waals surface area contributed by atoms with E-state index in [4.69, 9.17) is 9.47 Å². The summed E-state index contributed by atoms with van der Waals surface area (Å²) in [4.78, 5) is 8.22. The van der Waals surface area contributed by atoms with Crippen LogP contribution in [0.15, 0.2) is 24.5 Å². The van der Waals surface area contributed by atoms with Crippen LogP contribution in [0.2, 0.25) is 0 Å². The molecule has 2 rings (SSSR count). The summed E-state index contributed by atoms with van der Waals surface area (Å²) in [5, 5.41) is 3.06. The van der Waals surface area contributed by atoms with Gasteiger partial charge in [0.1, 0.15) is 12.0 Å². The van der Waals surface area contributed by atoms with Crippen LogP contribution in [0.25, 0.3) is 11.3 Å². The lowest BCUT2D eigenvalue weighted by Crippen LogP contribution is -2.05. The fourth-order valence-corrected chi connectivity index (χ4v) is 1.90. The summed E-state index contributed by atoms with van der Waals surface area (Å²) >= 11 is 0. The minimum atomic E-state index is -0.477. The highest BCUT2D eigenvalue weighted by Crippen LogP contribution is 2.36. The van der Waals surface area contributed by atoms with E-state index in [0.717, 1.165) is 0 Å². The van der Waals surface area contributed by atoms with E-state index in [9.17, 15) is 4.39 Å². The third kappa shape index (κ3) is 2.49. The molecular weight excluding hydrogens is 261 g/mol. The van der Waals surface area contributed by atoms with Gasteiger partial charge in [0.15, 0.2) is 23.1 Å². The van der Waals surface area contributed by atoms with Crippen molar-refractivity contribution in [2.75, 3.05) is 26.1 Å².